The summed E-state index contributed by atoms with van der Waals surface area (Å²) in [5, 5.41) is 8.96. The van der Waals surface area contributed by atoms with Crippen molar-refractivity contribution in [2.45, 2.75) is 13.8 Å². The van der Waals surface area contributed by atoms with Crippen LogP contribution in [-0.2, 0) is 0 Å². The number of benzene rings is 1. The van der Waals surface area contributed by atoms with Gasteiger partial charge in [-0.25, -0.2) is 14.8 Å². The van der Waals surface area contributed by atoms with Crippen molar-refractivity contribution in [3.63, 3.8) is 0 Å². The highest BCUT2D eigenvalue weighted by Crippen LogP contribution is 2.19. The van der Waals surface area contributed by atoms with Crippen LogP contribution in [0.25, 0.3) is 11.4 Å². The molecule has 0 aliphatic carbocycles. The lowest BCUT2D eigenvalue weighted by molar-refractivity contribution is 0.0690. The largest absolute Gasteiger partial charge is 0.477 e. The normalized spacial score (nSPS) is 10.2. The summed E-state index contributed by atoms with van der Waals surface area (Å²) >= 11 is 0. The van der Waals surface area contributed by atoms with Gasteiger partial charge in [0.1, 0.15) is 0 Å². The van der Waals surface area contributed by atoms with Crippen LogP contribution in [0.15, 0.2) is 30.3 Å². The summed E-state index contributed by atoms with van der Waals surface area (Å²) in [7, 11) is 0. The van der Waals surface area contributed by atoms with Crippen LogP contribution in [0, 0.1) is 13.8 Å². The molecule has 4 nitrogen and oxygen atoms in total. The topological polar surface area (TPSA) is 63.1 Å². The van der Waals surface area contributed by atoms with E-state index in [-0.39, 0.29) is 5.69 Å². The van der Waals surface area contributed by atoms with Gasteiger partial charge in [-0.1, -0.05) is 24.3 Å². The van der Waals surface area contributed by atoms with Crippen LogP contribution in [-0.4, -0.2) is 21.0 Å². The number of nitrogens with zero attached hydrogens (tertiary/aromatic N) is 2. The fourth-order valence-electron chi connectivity index (χ4n) is 1.62. The summed E-state index contributed by atoms with van der Waals surface area (Å²) in [4.78, 5) is 19.3. The molecule has 0 amide bonds. The Bertz CT molecular complexity index is 579. The van der Waals surface area contributed by atoms with Gasteiger partial charge < -0.3 is 5.11 Å². The van der Waals surface area contributed by atoms with E-state index in [9.17, 15) is 4.79 Å². The molecule has 2 rings (SSSR count). The number of aromatic nitrogens is 2. The summed E-state index contributed by atoms with van der Waals surface area (Å²) in [6.45, 7) is 3.71. The number of hydrogen-bond donors (Lipinski definition) is 1. The predicted molar refractivity (Wildman–Crippen MR) is 63.9 cm³/mol. The first kappa shape index (κ1) is 11.3. The molecule has 2 aromatic rings. The quantitative estimate of drug-likeness (QED) is 0.857. The van der Waals surface area contributed by atoms with Crippen molar-refractivity contribution in [3.05, 3.63) is 47.3 Å². The summed E-state index contributed by atoms with van der Waals surface area (Å²) < 4.78 is 0. The molecule has 17 heavy (non-hydrogen) atoms. The van der Waals surface area contributed by atoms with Crippen molar-refractivity contribution in [1.29, 1.82) is 0 Å². The lowest BCUT2D eigenvalue weighted by Gasteiger charge is -2.06. The van der Waals surface area contributed by atoms with Gasteiger partial charge in [0.25, 0.3) is 0 Å². The van der Waals surface area contributed by atoms with E-state index in [1.165, 1.54) is 6.07 Å². The van der Waals surface area contributed by atoms with Gasteiger partial charge in [-0.3, -0.25) is 0 Å². The average Bonchev–Trinajstić information content (AvgIpc) is 2.28. The van der Waals surface area contributed by atoms with Gasteiger partial charge in [-0.15, -0.1) is 0 Å². The van der Waals surface area contributed by atoms with Crippen LogP contribution < -0.4 is 0 Å². The van der Waals surface area contributed by atoms with Crippen molar-refractivity contribution in [2.75, 3.05) is 0 Å². The first-order valence-electron chi connectivity index (χ1n) is 5.23. The first-order valence-corrected chi connectivity index (χ1v) is 5.23. The molecule has 0 aliphatic heterocycles. The zero-order chi connectivity index (χ0) is 12.4. The highest BCUT2D eigenvalue weighted by atomic mass is 16.4. The van der Waals surface area contributed by atoms with E-state index in [0.29, 0.717) is 11.5 Å². The molecule has 1 aromatic carbocycles. The molecule has 0 spiro atoms. The Morgan fingerprint density at radius 2 is 1.88 bits per heavy atom. The van der Waals surface area contributed by atoms with E-state index in [0.717, 1.165) is 11.1 Å². The minimum Gasteiger partial charge on any atom is -0.477 e. The van der Waals surface area contributed by atoms with Gasteiger partial charge in [0.15, 0.2) is 11.5 Å². The van der Waals surface area contributed by atoms with Crippen LogP contribution in [0.4, 0.5) is 0 Å². The second-order valence-corrected chi connectivity index (χ2v) is 3.84. The predicted octanol–water partition coefficient (Wildman–Crippen LogP) is 2.46. The maximum atomic E-state index is 10.9. The Hall–Kier alpha value is -2.23. The molecular weight excluding hydrogens is 216 g/mol. The Morgan fingerprint density at radius 1 is 1.18 bits per heavy atom. The van der Waals surface area contributed by atoms with Crippen LogP contribution in [0.2, 0.25) is 0 Å². The minimum atomic E-state index is -1.04. The van der Waals surface area contributed by atoms with Crippen molar-refractivity contribution in [2.24, 2.45) is 0 Å². The van der Waals surface area contributed by atoms with E-state index < -0.39 is 5.97 Å². The number of carboxylic acid groups (broad SMARTS) is 1. The summed E-state index contributed by atoms with van der Waals surface area (Å²) in [6, 6.07) is 9.10. The monoisotopic (exact) mass is 228 g/mol. The summed E-state index contributed by atoms with van der Waals surface area (Å²) in [6.07, 6.45) is 0. The number of carboxylic acids is 1. The number of aromatic carboxylic acids is 1. The molecule has 86 valence electrons. The molecule has 0 radical (unpaired) electrons. The molecule has 0 bridgehead atoms. The highest BCUT2D eigenvalue weighted by Gasteiger charge is 2.11. The van der Waals surface area contributed by atoms with Crippen molar-refractivity contribution < 1.29 is 9.90 Å². The van der Waals surface area contributed by atoms with E-state index in [4.69, 9.17) is 5.11 Å². The van der Waals surface area contributed by atoms with Crippen molar-refractivity contribution >= 4 is 5.97 Å². The maximum absolute atomic E-state index is 10.9. The van der Waals surface area contributed by atoms with Crippen molar-refractivity contribution in [3.8, 4) is 11.4 Å². The maximum Gasteiger partial charge on any atom is 0.354 e. The van der Waals surface area contributed by atoms with Crippen LogP contribution in [0.3, 0.4) is 0 Å². The molecule has 4 heteroatoms. The van der Waals surface area contributed by atoms with Crippen LogP contribution >= 0.6 is 0 Å². The molecular formula is C13H12N2O2. The Labute approximate surface area is 99.0 Å². The second kappa shape index (κ2) is 4.33. The fourth-order valence-corrected chi connectivity index (χ4v) is 1.62. The zero-order valence-corrected chi connectivity index (χ0v) is 9.64. The third kappa shape index (κ3) is 2.30. The molecule has 1 N–H and O–H groups in total. The van der Waals surface area contributed by atoms with Crippen LogP contribution in [0.5, 0.6) is 0 Å². The van der Waals surface area contributed by atoms with E-state index >= 15 is 0 Å². The van der Waals surface area contributed by atoms with Crippen molar-refractivity contribution in [1.82, 2.24) is 9.97 Å². The van der Waals surface area contributed by atoms with Crippen LogP contribution in [0.1, 0.15) is 21.7 Å². The number of rotatable bonds is 2. The Balaban J connectivity index is 2.60. The van der Waals surface area contributed by atoms with E-state index in [1.54, 1.807) is 6.92 Å². The lowest BCUT2D eigenvalue weighted by Crippen LogP contribution is -2.04. The smallest absolute Gasteiger partial charge is 0.354 e. The molecule has 0 aliphatic rings. The molecule has 0 saturated carbocycles. The highest BCUT2D eigenvalue weighted by molar-refractivity contribution is 5.86. The Kier molecular flexibility index (Phi) is 2.87. The number of aryl methyl sites for hydroxylation is 2. The van der Waals surface area contributed by atoms with Gasteiger partial charge in [-0.05, 0) is 25.5 Å². The Morgan fingerprint density at radius 3 is 2.53 bits per heavy atom. The second-order valence-electron chi connectivity index (χ2n) is 3.84. The van der Waals surface area contributed by atoms with Gasteiger partial charge in [0.05, 0.1) is 0 Å². The van der Waals surface area contributed by atoms with Gasteiger partial charge in [0.2, 0.25) is 0 Å². The third-order valence-electron chi connectivity index (χ3n) is 2.46. The van der Waals surface area contributed by atoms with E-state index in [1.807, 2.05) is 31.2 Å². The minimum absolute atomic E-state index is 0.0238. The van der Waals surface area contributed by atoms with Gasteiger partial charge in [0, 0.05) is 11.3 Å². The molecule has 0 unspecified atom stereocenters. The standard InChI is InChI=1S/C13H12N2O2/c1-8-5-3-4-6-10(8)12-14-9(2)7-11(15-12)13(16)17/h3-7H,1-2H3,(H,16,17). The fraction of sp³-hybridized carbons (Fsp3) is 0.154. The summed E-state index contributed by atoms with van der Waals surface area (Å²) in [5.74, 6) is -0.578. The SMILES string of the molecule is Cc1cc(C(=O)O)nc(-c2ccccc2C)n1. The number of hydrogen-bond acceptors (Lipinski definition) is 3. The van der Waals surface area contributed by atoms with E-state index in [2.05, 4.69) is 9.97 Å². The third-order valence-corrected chi connectivity index (χ3v) is 2.46. The summed E-state index contributed by atoms with van der Waals surface area (Å²) in [5.41, 5.74) is 2.56. The van der Waals surface area contributed by atoms with Gasteiger partial charge in [-0.2, -0.15) is 0 Å². The van der Waals surface area contributed by atoms with Gasteiger partial charge >= 0.3 is 5.97 Å². The zero-order valence-electron chi connectivity index (χ0n) is 9.64. The molecule has 1 heterocycles. The first-order chi connectivity index (χ1) is 8.08. The molecule has 0 saturated heterocycles. The molecule has 0 atom stereocenters. The lowest BCUT2D eigenvalue weighted by atomic mass is 10.1. The molecule has 0 fully saturated rings. The molecule has 1 aromatic heterocycles. The number of carbonyl (C=O) groups is 1. The average molecular weight is 228 g/mol.